The third kappa shape index (κ3) is 2.72. The van der Waals surface area contributed by atoms with E-state index in [9.17, 15) is 13.9 Å². The normalized spacial score (nSPS) is 13.6. The molecule has 0 aliphatic rings. The molecular formula is C15H18F2N2O. The number of aromatic nitrogens is 2. The van der Waals surface area contributed by atoms with E-state index in [2.05, 4.69) is 4.98 Å². The minimum atomic E-state index is -0.769. The molecule has 5 heteroatoms. The highest BCUT2D eigenvalue weighted by Crippen LogP contribution is 2.29. The molecule has 1 N–H and O–H groups in total. The van der Waals surface area contributed by atoms with E-state index < -0.39 is 17.9 Å². The first-order chi connectivity index (χ1) is 9.20. The Morgan fingerprint density at radius 1 is 1.25 bits per heavy atom. The van der Waals surface area contributed by atoms with Crippen molar-refractivity contribution in [2.75, 3.05) is 0 Å². The summed E-state index contributed by atoms with van der Waals surface area (Å²) < 4.78 is 28.4. The fourth-order valence-corrected chi connectivity index (χ4v) is 2.06. The van der Waals surface area contributed by atoms with Crippen LogP contribution in [0.5, 0.6) is 0 Å². The highest BCUT2D eigenvalue weighted by Gasteiger charge is 2.24. The van der Waals surface area contributed by atoms with Crippen LogP contribution in [0.2, 0.25) is 0 Å². The van der Waals surface area contributed by atoms with Crippen LogP contribution in [0.15, 0.2) is 24.4 Å². The lowest BCUT2D eigenvalue weighted by Gasteiger charge is -2.21. The maximum Gasteiger partial charge on any atom is 0.135 e. The second-order valence-corrected chi connectivity index (χ2v) is 5.86. The van der Waals surface area contributed by atoms with E-state index >= 15 is 0 Å². The van der Waals surface area contributed by atoms with Crippen molar-refractivity contribution >= 4 is 0 Å². The van der Waals surface area contributed by atoms with Crippen LogP contribution in [-0.2, 0) is 5.41 Å². The molecule has 0 spiro atoms. The molecule has 1 heterocycles. The summed E-state index contributed by atoms with van der Waals surface area (Å²) in [7, 11) is 0. The van der Waals surface area contributed by atoms with Gasteiger partial charge >= 0.3 is 0 Å². The van der Waals surface area contributed by atoms with Crippen LogP contribution >= 0.6 is 0 Å². The van der Waals surface area contributed by atoms with E-state index in [1.165, 1.54) is 12.1 Å². The minimum absolute atomic E-state index is 0.219. The number of rotatable bonds is 2. The van der Waals surface area contributed by atoms with Crippen LogP contribution in [-0.4, -0.2) is 14.7 Å². The average Bonchev–Trinajstić information content (AvgIpc) is 2.73. The Labute approximate surface area is 116 Å². The molecule has 0 bridgehead atoms. The van der Waals surface area contributed by atoms with E-state index in [0.717, 1.165) is 6.07 Å². The van der Waals surface area contributed by atoms with Crippen molar-refractivity contribution < 1.29 is 13.9 Å². The van der Waals surface area contributed by atoms with Gasteiger partial charge in [0.1, 0.15) is 23.7 Å². The third-order valence-corrected chi connectivity index (χ3v) is 3.01. The van der Waals surface area contributed by atoms with E-state index in [0.29, 0.717) is 11.5 Å². The first-order valence-electron chi connectivity index (χ1n) is 6.43. The highest BCUT2D eigenvalue weighted by molar-refractivity contribution is 5.59. The Balaban J connectivity index is 2.59. The lowest BCUT2D eigenvalue weighted by Crippen LogP contribution is -2.20. The number of nitrogens with zero attached hydrogens (tertiary/aromatic N) is 2. The van der Waals surface area contributed by atoms with Crippen molar-refractivity contribution in [3.8, 4) is 11.3 Å². The van der Waals surface area contributed by atoms with Crippen molar-refractivity contribution in [1.82, 2.24) is 9.55 Å². The molecule has 20 heavy (non-hydrogen) atoms. The first kappa shape index (κ1) is 14.7. The maximum atomic E-state index is 13.8. The van der Waals surface area contributed by atoms with E-state index in [4.69, 9.17) is 0 Å². The lowest BCUT2D eigenvalue weighted by molar-refractivity contribution is 0.117. The number of imidazole rings is 1. The Kier molecular flexibility index (Phi) is 3.65. The Hall–Kier alpha value is -1.75. The van der Waals surface area contributed by atoms with Crippen LogP contribution < -0.4 is 0 Å². The molecule has 0 aliphatic carbocycles. The number of hydrogen-bond acceptors (Lipinski definition) is 2. The molecule has 1 unspecified atom stereocenters. The van der Waals surface area contributed by atoms with Gasteiger partial charge in [0.15, 0.2) is 0 Å². The van der Waals surface area contributed by atoms with Gasteiger partial charge in [-0.25, -0.2) is 13.8 Å². The maximum absolute atomic E-state index is 13.8. The van der Waals surface area contributed by atoms with Crippen molar-refractivity contribution in [3.63, 3.8) is 0 Å². The van der Waals surface area contributed by atoms with Gasteiger partial charge < -0.3 is 9.67 Å². The monoisotopic (exact) mass is 280 g/mol. The molecular weight excluding hydrogens is 262 g/mol. The smallest absolute Gasteiger partial charge is 0.135 e. The lowest BCUT2D eigenvalue weighted by atomic mass is 9.95. The van der Waals surface area contributed by atoms with E-state index in [-0.39, 0.29) is 11.0 Å². The summed E-state index contributed by atoms with van der Waals surface area (Å²) in [5, 5.41) is 9.81. The van der Waals surface area contributed by atoms with Gasteiger partial charge in [-0.15, -0.1) is 0 Å². The quantitative estimate of drug-likeness (QED) is 0.912. The summed E-state index contributed by atoms with van der Waals surface area (Å²) in [6, 6.07) is 3.37. The number of halogens is 2. The molecule has 0 aliphatic heterocycles. The zero-order chi connectivity index (χ0) is 15.1. The van der Waals surface area contributed by atoms with Crippen molar-refractivity contribution in [2.45, 2.75) is 39.3 Å². The first-order valence-corrected chi connectivity index (χ1v) is 6.43. The molecule has 0 saturated heterocycles. The van der Waals surface area contributed by atoms with Crippen molar-refractivity contribution in [1.29, 1.82) is 0 Å². The molecule has 1 aromatic heterocycles. The number of benzene rings is 1. The van der Waals surface area contributed by atoms with Gasteiger partial charge in [0.25, 0.3) is 0 Å². The van der Waals surface area contributed by atoms with Gasteiger partial charge in [0.2, 0.25) is 0 Å². The second kappa shape index (κ2) is 4.98. The van der Waals surface area contributed by atoms with Gasteiger partial charge in [0, 0.05) is 23.2 Å². The molecule has 108 valence electrons. The molecule has 2 aromatic rings. The molecule has 2 rings (SSSR count). The summed E-state index contributed by atoms with van der Waals surface area (Å²) in [5.41, 5.74) is 0.302. The Bertz CT molecular complexity index is 627. The molecule has 0 amide bonds. The zero-order valence-corrected chi connectivity index (χ0v) is 12.0. The number of hydrogen-bond donors (Lipinski definition) is 1. The predicted octanol–water partition coefficient (Wildman–Crippen LogP) is 3.64. The minimum Gasteiger partial charge on any atom is -0.374 e. The fourth-order valence-electron chi connectivity index (χ4n) is 2.06. The topological polar surface area (TPSA) is 38.0 Å². The predicted molar refractivity (Wildman–Crippen MR) is 73.2 cm³/mol. The molecule has 0 radical (unpaired) electrons. The summed E-state index contributed by atoms with van der Waals surface area (Å²) >= 11 is 0. The van der Waals surface area contributed by atoms with E-state index in [1.54, 1.807) is 17.7 Å². The average molecular weight is 280 g/mol. The van der Waals surface area contributed by atoms with Crippen LogP contribution in [0.25, 0.3) is 11.3 Å². The summed E-state index contributed by atoms with van der Waals surface area (Å²) in [6.45, 7) is 7.48. The molecule has 1 aromatic carbocycles. The molecule has 3 nitrogen and oxygen atoms in total. The van der Waals surface area contributed by atoms with Gasteiger partial charge in [0.05, 0.1) is 5.69 Å². The molecule has 0 saturated carbocycles. The van der Waals surface area contributed by atoms with E-state index in [1.807, 2.05) is 20.8 Å². The van der Waals surface area contributed by atoms with Gasteiger partial charge in [-0.05, 0) is 19.1 Å². The summed E-state index contributed by atoms with van der Waals surface area (Å²) in [6.07, 6.45) is 0.815. The number of aliphatic hydroxyl groups is 1. The summed E-state index contributed by atoms with van der Waals surface area (Å²) in [4.78, 5) is 4.40. The van der Waals surface area contributed by atoms with Crippen LogP contribution in [0.3, 0.4) is 0 Å². The standard InChI is InChI=1S/C15H18F2N2O/c1-9(20)19-8-13(18-14(19)15(2,3)4)11-6-5-10(16)7-12(11)17/h5-9,20H,1-4H3. The molecule has 1 atom stereocenters. The Morgan fingerprint density at radius 2 is 1.90 bits per heavy atom. The number of aliphatic hydroxyl groups excluding tert-OH is 1. The van der Waals surface area contributed by atoms with Crippen LogP contribution in [0, 0.1) is 11.6 Å². The third-order valence-electron chi connectivity index (χ3n) is 3.01. The van der Waals surface area contributed by atoms with Crippen LogP contribution in [0.1, 0.15) is 39.7 Å². The highest BCUT2D eigenvalue weighted by atomic mass is 19.1. The van der Waals surface area contributed by atoms with Gasteiger partial charge in [-0.1, -0.05) is 20.8 Å². The summed E-state index contributed by atoms with van der Waals surface area (Å²) in [5.74, 6) is -0.649. The Morgan fingerprint density at radius 3 is 2.35 bits per heavy atom. The van der Waals surface area contributed by atoms with Crippen molar-refractivity contribution in [3.05, 3.63) is 41.9 Å². The van der Waals surface area contributed by atoms with Crippen LogP contribution in [0.4, 0.5) is 8.78 Å². The molecule has 0 fully saturated rings. The fraction of sp³-hybridized carbons (Fsp3) is 0.400. The largest absolute Gasteiger partial charge is 0.374 e. The van der Waals surface area contributed by atoms with Gasteiger partial charge in [-0.3, -0.25) is 0 Å². The zero-order valence-electron chi connectivity index (χ0n) is 12.0. The van der Waals surface area contributed by atoms with Gasteiger partial charge in [-0.2, -0.15) is 0 Å². The SMILES string of the molecule is CC(O)n1cc(-c2ccc(F)cc2F)nc1C(C)(C)C. The second-order valence-electron chi connectivity index (χ2n) is 5.86. The van der Waals surface area contributed by atoms with Crippen molar-refractivity contribution in [2.24, 2.45) is 0 Å².